The first-order valence-corrected chi connectivity index (χ1v) is 13.6. The maximum absolute atomic E-state index is 13.9. The second kappa shape index (κ2) is 10.9. The van der Waals surface area contributed by atoms with Gasteiger partial charge in [-0.3, -0.25) is 4.21 Å². The molecular formula is C22H17F7N5O4S2-. The van der Waals surface area contributed by atoms with Crippen LogP contribution < -0.4 is 9.62 Å². The first kappa shape index (κ1) is 29.6. The zero-order valence-electron chi connectivity index (χ0n) is 19.8. The van der Waals surface area contributed by atoms with Gasteiger partial charge in [0.25, 0.3) is 0 Å². The molecule has 216 valence electrons. The zero-order chi connectivity index (χ0) is 29.5. The molecule has 0 saturated carbocycles. The van der Waals surface area contributed by atoms with E-state index in [1.807, 2.05) is 0 Å². The van der Waals surface area contributed by atoms with Crippen molar-refractivity contribution in [1.29, 1.82) is 0 Å². The van der Waals surface area contributed by atoms with Crippen molar-refractivity contribution in [2.45, 2.75) is 11.7 Å². The van der Waals surface area contributed by atoms with Crippen molar-refractivity contribution in [1.82, 2.24) is 14.3 Å². The molecule has 1 N–H and O–H groups in total. The summed E-state index contributed by atoms with van der Waals surface area (Å²) in [6, 6.07) is 9.69. The van der Waals surface area contributed by atoms with Crippen LogP contribution in [-0.2, 0) is 27.5 Å². The molecule has 18 heteroatoms. The molecule has 40 heavy (non-hydrogen) atoms. The fraction of sp³-hybridized carbons (Fsp3) is 0.273. The highest BCUT2D eigenvalue weighted by molar-refractivity contribution is 7.90. The Bertz CT molecular complexity index is 1530. The Kier molecular flexibility index (Phi) is 8.08. The molecule has 1 saturated heterocycles. The standard InChI is InChI=1S/C22H18F7N5O4S2/c23-15-6-4-13(5-7-15)18-17(14-2-1-3-16(12-14)32-39(35)36)19(31-20(30-18)21(24,25)26)33-8-10-34(11-9-33)40(37,38)22(27,28)29/h1-7,12,32H,8-11H2,(H,35,36)/p-1. The van der Waals surface area contributed by atoms with Gasteiger partial charge >= 0.3 is 21.7 Å². The molecule has 3 aromatic rings. The highest BCUT2D eigenvalue weighted by atomic mass is 32.2. The van der Waals surface area contributed by atoms with Crippen molar-refractivity contribution >= 4 is 32.8 Å². The summed E-state index contributed by atoms with van der Waals surface area (Å²) in [5, 5.41) is 0. The lowest BCUT2D eigenvalue weighted by atomic mass is 9.98. The predicted octanol–water partition coefficient (Wildman–Crippen LogP) is 4.15. The van der Waals surface area contributed by atoms with Crippen LogP contribution in [0.25, 0.3) is 22.4 Å². The normalized spacial score (nSPS) is 16.1. The second-order valence-corrected chi connectivity index (χ2v) is 11.0. The highest BCUT2D eigenvalue weighted by Gasteiger charge is 2.50. The number of nitrogens with zero attached hydrogens (tertiary/aromatic N) is 4. The molecule has 2 heterocycles. The average molecular weight is 613 g/mol. The summed E-state index contributed by atoms with van der Waals surface area (Å²) >= 11 is -2.76. The third kappa shape index (κ3) is 6.18. The molecule has 9 nitrogen and oxygen atoms in total. The van der Waals surface area contributed by atoms with Crippen LogP contribution in [0.5, 0.6) is 0 Å². The minimum Gasteiger partial charge on any atom is -0.755 e. The number of aromatic nitrogens is 2. The van der Waals surface area contributed by atoms with Gasteiger partial charge in [-0.1, -0.05) is 12.1 Å². The van der Waals surface area contributed by atoms with Gasteiger partial charge in [0.05, 0.1) is 11.3 Å². The largest absolute Gasteiger partial charge is 0.755 e. The van der Waals surface area contributed by atoms with Crippen LogP contribution in [0.15, 0.2) is 48.5 Å². The molecular weight excluding hydrogens is 595 g/mol. The molecule has 0 amide bonds. The fourth-order valence-electron chi connectivity index (χ4n) is 4.01. The smallest absolute Gasteiger partial charge is 0.511 e. The van der Waals surface area contributed by atoms with Gasteiger partial charge in [0.2, 0.25) is 5.82 Å². The van der Waals surface area contributed by atoms with E-state index in [1.54, 1.807) is 0 Å². The van der Waals surface area contributed by atoms with Crippen LogP contribution in [0.4, 0.5) is 42.2 Å². The number of sulfonamides is 1. The Morgan fingerprint density at radius 2 is 1.52 bits per heavy atom. The minimum atomic E-state index is -5.68. The average Bonchev–Trinajstić information content (AvgIpc) is 2.87. The van der Waals surface area contributed by atoms with Gasteiger partial charge in [0.1, 0.15) is 11.6 Å². The summed E-state index contributed by atoms with van der Waals surface area (Å²) in [4.78, 5) is 8.50. The van der Waals surface area contributed by atoms with Crippen LogP contribution in [0.1, 0.15) is 5.82 Å². The number of hydrogen-bond donors (Lipinski definition) is 1. The summed E-state index contributed by atoms with van der Waals surface area (Å²) in [5.41, 5.74) is -5.82. The summed E-state index contributed by atoms with van der Waals surface area (Å²) < 4.78 is 143. The summed E-state index contributed by atoms with van der Waals surface area (Å²) in [7, 11) is -5.68. The van der Waals surface area contributed by atoms with Gasteiger partial charge in [-0.2, -0.15) is 30.6 Å². The molecule has 0 radical (unpaired) electrons. The molecule has 1 fully saturated rings. The van der Waals surface area contributed by atoms with Gasteiger partial charge in [-0.05, 0) is 42.0 Å². The van der Waals surface area contributed by atoms with Gasteiger partial charge < -0.3 is 14.2 Å². The molecule has 1 atom stereocenters. The molecule has 1 aromatic heterocycles. The van der Waals surface area contributed by atoms with Crippen LogP contribution >= 0.6 is 0 Å². The zero-order valence-corrected chi connectivity index (χ0v) is 21.5. The van der Waals surface area contributed by atoms with E-state index in [0.29, 0.717) is 0 Å². The Morgan fingerprint density at radius 3 is 2.08 bits per heavy atom. The molecule has 4 rings (SSSR count). The molecule has 0 spiro atoms. The first-order valence-electron chi connectivity index (χ1n) is 11.1. The van der Waals surface area contributed by atoms with Crippen LogP contribution in [0, 0.1) is 5.82 Å². The van der Waals surface area contributed by atoms with Gasteiger partial charge in [0.15, 0.2) is 0 Å². The van der Waals surface area contributed by atoms with Crippen molar-refractivity contribution in [3.8, 4) is 22.4 Å². The number of alkyl halides is 6. The van der Waals surface area contributed by atoms with Crippen molar-refractivity contribution in [2.75, 3.05) is 35.8 Å². The van der Waals surface area contributed by atoms with Crippen molar-refractivity contribution < 1.29 is 47.9 Å². The maximum atomic E-state index is 13.9. The summed E-state index contributed by atoms with van der Waals surface area (Å²) in [6.45, 7) is -2.37. The van der Waals surface area contributed by atoms with Gasteiger partial charge in [0, 0.05) is 48.7 Å². The van der Waals surface area contributed by atoms with Crippen LogP contribution in [0.2, 0.25) is 0 Å². The van der Waals surface area contributed by atoms with E-state index in [9.17, 15) is 47.9 Å². The van der Waals surface area contributed by atoms with E-state index >= 15 is 0 Å². The quantitative estimate of drug-likeness (QED) is 0.328. The minimum absolute atomic E-state index is 0.0165. The van der Waals surface area contributed by atoms with E-state index in [2.05, 4.69) is 14.7 Å². The van der Waals surface area contributed by atoms with Crippen LogP contribution in [0.3, 0.4) is 0 Å². The SMILES string of the molecule is O=S([O-])Nc1cccc(-c2c(-c3ccc(F)cc3)nc(C(F)(F)F)nc2N2CCN(S(=O)(=O)C(F)(F)F)CC2)c1. The first-order chi connectivity index (χ1) is 18.6. The van der Waals surface area contributed by atoms with E-state index in [-0.39, 0.29) is 32.4 Å². The fourth-order valence-corrected chi connectivity index (χ4v) is 5.26. The number of halogens is 7. The highest BCUT2D eigenvalue weighted by Crippen LogP contribution is 2.41. The number of anilines is 2. The van der Waals surface area contributed by atoms with E-state index < -0.39 is 76.6 Å². The lowest BCUT2D eigenvalue weighted by Gasteiger charge is -2.36. The predicted molar refractivity (Wildman–Crippen MR) is 129 cm³/mol. The van der Waals surface area contributed by atoms with Gasteiger partial charge in [-0.15, -0.1) is 0 Å². The number of nitrogens with one attached hydrogen (secondary N) is 1. The van der Waals surface area contributed by atoms with Gasteiger partial charge in [-0.25, -0.2) is 22.8 Å². The summed E-state index contributed by atoms with van der Waals surface area (Å²) in [6.07, 6.45) is -5.08. The monoisotopic (exact) mass is 612 g/mol. The lowest BCUT2D eigenvalue weighted by molar-refractivity contribution is -0.144. The van der Waals surface area contributed by atoms with Crippen LogP contribution in [-0.4, -0.2) is 63.1 Å². The summed E-state index contributed by atoms with van der Waals surface area (Å²) in [5.74, 6) is -2.70. The molecule has 0 aliphatic carbocycles. The molecule has 1 aliphatic heterocycles. The number of benzene rings is 2. The molecule has 0 bridgehead atoms. The van der Waals surface area contributed by atoms with Crippen molar-refractivity contribution in [2.24, 2.45) is 0 Å². The van der Waals surface area contributed by atoms with E-state index in [4.69, 9.17) is 0 Å². The Labute approximate surface area is 225 Å². The lowest BCUT2D eigenvalue weighted by Crippen LogP contribution is -2.52. The Hall–Kier alpha value is -3.35. The third-order valence-electron chi connectivity index (χ3n) is 5.78. The van der Waals surface area contributed by atoms with E-state index in [1.165, 1.54) is 29.2 Å². The second-order valence-electron chi connectivity index (χ2n) is 8.35. The molecule has 2 aromatic carbocycles. The topological polar surface area (TPSA) is 119 Å². The Morgan fingerprint density at radius 1 is 0.900 bits per heavy atom. The number of hydrogen-bond acceptors (Lipinski definition) is 7. The maximum Gasteiger partial charge on any atom is 0.511 e. The van der Waals surface area contributed by atoms with E-state index in [0.717, 1.165) is 24.3 Å². The number of piperazine rings is 1. The molecule has 1 unspecified atom stereocenters. The Balaban J connectivity index is 1.91. The number of rotatable bonds is 6. The van der Waals surface area contributed by atoms with Crippen molar-refractivity contribution in [3.63, 3.8) is 0 Å². The third-order valence-corrected chi connectivity index (χ3v) is 7.82. The molecule has 1 aliphatic rings. The van der Waals surface area contributed by atoms with Crippen molar-refractivity contribution in [3.05, 3.63) is 60.2 Å².